The Balaban J connectivity index is 1.42. The third-order valence-corrected chi connectivity index (χ3v) is 7.38. The summed E-state index contributed by atoms with van der Waals surface area (Å²) in [4.78, 5) is 44.5. The molecule has 36 heavy (non-hydrogen) atoms. The molecule has 2 saturated heterocycles. The zero-order valence-electron chi connectivity index (χ0n) is 19.3. The monoisotopic (exact) mass is 499 g/mol. The molecule has 0 saturated carbocycles. The second-order valence-corrected chi connectivity index (χ2v) is 9.45. The summed E-state index contributed by atoms with van der Waals surface area (Å²) in [7, 11) is 1.55. The van der Waals surface area contributed by atoms with Gasteiger partial charge in [-0.3, -0.25) is 14.4 Å². The largest absolute Gasteiger partial charge is 0.497 e. The molecule has 3 heterocycles. The Labute approximate surface area is 212 Å². The second kappa shape index (κ2) is 8.53. The quantitative estimate of drug-likeness (QED) is 0.539. The minimum absolute atomic E-state index is 0.309. The van der Waals surface area contributed by atoms with E-state index in [4.69, 9.17) is 16.3 Å². The molecule has 4 atom stereocenters. The fraction of sp³-hybridized carbons (Fsp3) is 0.179. The van der Waals surface area contributed by atoms with E-state index in [0.29, 0.717) is 22.1 Å². The highest BCUT2D eigenvalue weighted by atomic mass is 35.5. The van der Waals surface area contributed by atoms with Crippen molar-refractivity contribution in [1.82, 2.24) is 0 Å². The van der Waals surface area contributed by atoms with Crippen LogP contribution in [-0.2, 0) is 14.4 Å². The Hall–Kier alpha value is -4.10. The van der Waals surface area contributed by atoms with Gasteiger partial charge in [-0.1, -0.05) is 42.0 Å². The van der Waals surface area contributed by atoms with Crippen LogP contribution in [0.2, 0.25) is 5.02 Å². The number of carbonyl (C=O) groups excluding carboxylic acids is 3. The van der Waals surface area contributed by atoms with Crippen LogP contribution in [0.1, 0.15) is 5.56 Å². The van der Waals surface area contributed by atoms with E-state index in [0.717, 1.165) is 11.3 Å². The molecule has 0 unspecified atom stereocenters. The maximum atomic E-state index is 13.8. The molecule has 3 aromatic rings. The first-order chi connectivity index (χ1) is 17.5. The van der Waals surface area contributed by atoms with Crippen LogP contribution in [0.25, 0.3) is 6.08 Å². The van der Waals surface area contributed by atoms with Crippen molar-refractivity contribution in [3.05, 3.63) is 89.5 Å². The van der Waals surface area contributed by atoms with Crippen molar-refractivity contribution >= 4 is 52.5 Å². The van der Waals surface area contributed by atoms with Gasteiger partial charge in [0.2, 0.25) is 17.7 Å². The van der Waals surface area contributed by atoms with Crippen LogP contribution in [-0.4, -0.2) is 36.9 Å². The zero-order valence-corrected chi connectivity index (χ0v) is 20.1. The molecule has 8 heteroatoms. The van der Waals surface area contributed by atoms with Gasteiger partial charge in [0.25, 0.3) is 0 Å². The number of methoxy groups -OCH3 is 1. The predicted molar refractivity (Wildman–Crippen MR) is 138 cm³/mol. The van der Waals surface area contributed by atoms with Gasteiger partial charge < -0.3 is 15.0 Å². The lowest BCUT2D eigenvalue weighted by Gasteiger charge is -2.36. The number of para-hydroxylation sites is 1. The Morgan fingerprint density at radius 3 is 2.33 bits per heavy atom. The average molecular weight is 500 g/mol. The fourth-order valence-electron chi connectivity index (χ4n) is 5.55. The first-order valence-corrected chi connectivity index (χ1v) is 12.0. The topological polar surface area (TPSA) is 78.9 Å². The van der Waals surface area contributed by atoms with Crippen LogP contribution >= 0.6 is 11.6 Å². The van der Waals surface area contributed by atoms with Crippen LogP contribution < -0.4 is 19.9 Å². The number of fused-ring (bicyclic) bond motifs is 5. The van der Waals surface area contributed by atoms with Gasteiger partial charge in [-0.25, -0.2) is 4.90 Å². The summed E-state index contributed by atoms with van der Waals surface area (Å²) in [6, 6.07) is 20.0. The summed E-state index contributed by atoms with van der Waals surface area (Å²) in [6.45, 7) is 0. The molecule has 6 rings (SSSR count). The molecule has 0 spiro atoms. The van der Waals surface area contributed by atoms with Crippen LogP contribution in [0.4, 0.5) is 17.1 Å². The third kappa shape index (κ3) is 3.38. The Morgan fingerprint density at radius 2 is 1.61 bits per heavy atom. The van der Waals surface area contributed by atoms with Gasteiger partial charge in [0.05, 0.1) is 30.7 Å². The Kier molecular flexibility index (Phi) is 5.30. The highest BCUT2D eigenvalue weighted by Gasteiger charge is 2.64. The van der Waals surface area contributed by atoms with E-state index < -0.39 is 23.9 Å². The number of nitrogens with zero attached hydrogens (tertiary/aromatic N) is 2. The lowest BCUT2D eigenvalue weighted by atomic mass is 9.88. The van der Waals surface area contributed by atoms with E-state index in [2.05, 4.69) is 5.32 Å². The van der Waals surface area contributed by atoms with E-state index in [-0.39, 0.29) is 17.7 Å². The molecule has 3 amide bonds. The van der Waals surface area contributed by atoms with Crippen molar-refractivity contribution < 1.29 is 19.1 Å². The maximum Gasteiger partial charge on any atom is 0.247 e. The van der Waals surface area contributed by atoms with Gasteiger partial charge in [0.1, 0.15) is 11.8 Å². The zero-order chi connectivity index (χ0) is 25.0. The second-order valence-electron chi connectivity index (χ2n) is 9.02. The average Bonchev–Trinajstić information content (AvgIpc) is 3.38. The number of anilines is 3. The first-order valence-electron chi connectivity index (χ1n) is 11.6. The van der Waals surface area contributed by atoms with Gasteiger partial charge in [-0.2, -0.15) is 0 Å². The Bertz CT molecular complexity index is 1400. The first kappa shape index (κ1) is 22.4. The fourth-order valence-corrected chi connectivity index (χ4v) is 5.67. The van der Waals surface area contributed by atoms with Crippen molar-refractivity contribution in [2.24, 2.45) is 11.8 Å². The molecular formula is C28H22ClN3O4. The number of rotatable bonds is 4. The van der Waals surface area contributed by atoms with Gasteiger partial charge in [-0.05, 0) is 60.2 Å². The molecule has 3 aliphatic heterocycles. The molecule has 0 aliphatic carbocycles. The van der Waals surface area contributed by atoms with Crippen LogP contribution in [0.15, 0.2) is 78.9 Å². The number of imide groups is 1. The van der Waals surface area contributed by atoms with Crippen molar-refractivity contribution in [3.63, 3.8) is 0 Å². The van der Waals surface area contributed by atoms with Crippen LogP contribution in [0, 0.1) is 11.8 Å². The van der Waals surface area contributed by atoms with Gasteiger partial charge in [0, 0.05) is 16.4 Å². The predicted octanol–water partition coefficient (Wildman–Crippen LogP) is 4.38. The van der Waals surface area contributed by atoms with Gasteiger partial charge >= 0.3 is 0 Å². The van der Waals surface area contributed by atoms with E-state index in [9.17, 15) is 14.4 Å². The molecule has 180 valence electrons. The van der Waals surface area contributed by atoms with Crippen LogP contribution in [0.5, 0.6) is 5.75 Å². The minimum atomic E-state index is -0.874. The lowest BCUT2D eigenvalue weighted by Crippen LogP contribution is -2.50. The molecule has 2 fully saturated rings. The molecule has 1 N–H and O–H groups in total. The van der Waals surface area contributed by atoms with Crippen LogP contribution in [0.3, 0.4) is 0 Å². The molecule has 3 aliphatic rings. The number of benzene rings is 3. The van der Waals surface area contributed by atoms with E-state index in [1.165, 1.54) is 4.90 Å². The maximum absolute atomic E-state index is 13.8. The Morgan fingerprint density at radius 1 is 0.917 bits per heavy atom. The minimum Gasteiger partial charge on any atom is -0.497 e. The van der Waals surface area contributed by atoms with Crippen molar-refractivity contribution in [2.75, 3.05) is 22.2 Å². The summed E-state index contributed by atoms with van der Waals surface area (Å²) in [5, 5.41) is 3.48. The number of nitrogens with one attached hydrogen (secondary N) is 1. The summed E-state index contributed by atoms with van der Waals surface area (Å²) in [5.41, 5.74) is 2.79. The summed E-state index contributed by atoms with van der Waals surface area (Å²) in [6.07, 6.45) is 3.89. The molecule has 0 bridgehead atoms. The lowest BCUT2D eigenvalue weighted by molar-refractivity contribution is -0.126. The van der Waals surface area contributed by atoms with E-state index >= 15 is 0 Å². The molecule has 3 aromatic carbocycles. The van der Waals surface area contributed by atoms with E-state index in [1.54, 1.807) is 55.6 Å². The summed E-state index contributed by atoms with van der Waals surface area (Å²) in [5.74, 6) is -1.95. The highest BCUT2D eigenvalue weighted by Crippen LogP contribution is 2.49. The number of hydrogen-bond acceptors (Lipinski definition) is 5. The number of amides is 3. The number of halogens is 1. The van der Waals surface area contributed by atoms with Crippen molar-refractivity contribution in [2.45, 2.75) is 12.1 Å². The molecule has 0 radical (unpaired) electrons. The standard InChI is InChI=1S/C28H22ClN3O4/c1-36-20-13-11-19(12-14-20)31-27(34)23-22-15-6-16-4-2-3-5-21(16)32(22)25(24(23)28(31)35)26(33)30-18-9-7-17(29)8-10-18/h2-15,22-25H,1H3,(H,30,33)/t22-,23+,24+,25+/m1/s1. The van der Waals surface area contributed by atoms with Crippen molar-refractivity contribution in [1.29, 1.82) is 0 Å². The normalized spacial score (nSPS) is 23.8. The summed E-state index contributed by atoms with van der Waals surface area (Å²) >= 11 is 6.00. The molecule has 7 nitrogen and oxygen atoms in total. The number of carbonyl (C=O) groups is 3. The number of ether oxygens (including phenoxy) is 1. The smallest absolute Gasteiger partial charge is 0.247 e. The SMILES string of the molecule is COc1ccc(N2C(=O)[C@@H]3[C@H](C2=O)[C@@H](C(=O)Nc2ccc(Cl)cc2)N2c4ccccc4C=C[C@H]32)cc1. The number of hydrogen-bond donors (Lipinski definition) is 1. The molecular weight excluding hydrogens is 478 g/mol. The highest BCUT2D eigenvalue weighted by molar-refractivity contribution is 6.30. The molecule has 0 aromatic heterocycles. The van der Waals surface area contributed by atoms with Crippen molar-refractivity contribution in [3.8, 4) is 5.75 Å². The summed E-state index contributed by atoms with van der Waals surface area (Å²) < 4.78 is 5.21. The van der Waals surface area contributed by atoms with Gasteiger partial charge in [0.15, 0.2) is 0 Å². The third-order valence-electron chi connectivity index (χ3n) is 7.13. The van der Waals surface area contributed by atoms with Gasteiger partial charge in [-0.15, -0.1) is 0 Å². The van der Waals surface area contributed by atoms with E-state index in [1.807, 2.05) is 41.3 Å².